The van der Waals surface area contributed by atoms with Crippen molar-refractivity contribution < 1.29 is 4.39 Å². The van der Waals surface area contributed by atoms with Crippen molar-refractivity contribution in [3.8, 4) is 12.1 Å². The standard InChI is InChI=1S/C10H5ClFN3/c11-9-3-8(1-2-10(9)12)15-6-7(4-13)5-14/h1-3,6,15H. The molecule has 0 aliphatic rings. The van der Waals surface area contributed by atoms with Crippen LogP contribution in [0.25, 0.3) is 0 Å². The summed E-state index contributed by atoms with van der Waals surface area (Å²) in [6.07, 6.45) is 1.23. The van der Waals surface area contributed by atoms with Crippen LogP contribution in [0, 0.1) is 28.5 Å². The monoisotopic (exact) mass is 221 g/mol. The van der Waals surface area contributed by atoms with Gasteiger partial charge in [-0.2, -0.15) is 10.5 Å². The fourth-order valence-corrected chi connectivity index (χ4v) is 1.01. The lowest BCUT2D eigenvalue weighted by molar-refractivity contribution is 0.628. The summed E-state index contributed by atoms with van der Waals surface area (Å²) in [6, 6.07) is 7.36. The quantitative estimate of drug-likeness (QED) is 0.782. The lowest BCUT2D eigenvalue weighted by Crippen LogP contribution is -1.90. The zero-order valence-electron chi connectivity index (χ0n) is 7.46. The van der Waals surface area contributed by atoms with Gasteiger partial charge in [-0.25, -0.2) is 4.39 Å². The molecular formula is C10H5ClFN3. The predicted octanol–water partition coefficient (Wildman–Crippen LogP) is 2.82. The van der Waals surface area contributed by atoms with Crippen molar-refractivity contribution in [1.82, 2.24) is 0 Å². The molecule has 0 spiro atoms. The molecule has 1 rings (SSSR count). The molecule has 15 heavy (non-hydrogen) atoms. The van der Waals surface area contributed by atoms with Gasteiger partial charge in [0.05, 0.1) is 5.02 Å². The van der Waals surface area contributed by atoms with E-state index in [1.54, 1.807) is 12.1 Å². The van der Waals surface area contributed by atoms with Crippen molar-refractivity contribution >= 4 is 17.3 Å². The number of nitrogens with zero attached hydrogens (tertiary/aromatic N) is 2. The van der Waals surface area contributed by atoms with Gasteiger partial charge in [0.25, 0.3) is 0 Å². The number of halogens is 2. The summed E-state index contributed by atoms with van der Waals surface area (Å²) >= 11 is 5.53. The van der Waals surface area contributed by atoms with Gasteiger partial charge in [0.2, 0.25) is 0 Å². The molecule has 1 N–H and O–H groups in total. The summed E-state index contributed by atoms with van der Waals surface area (Å²) in [7, 11) is 0. The topological polar surface area (TPSA) is 59.6 Å². The van der Waals surface area contributed by atoms with E-state index in [1.165, 1.54) is 24.4 Å². The summed E-state index contributed by atoms with van der Waals surface area (Å²) in [5.74, 6) is -0.521. The minimum absolute atomic E-state index is 0.0242. The van der Waals surface area contributed by atoms with Gasteiger partial charge >= 0.3 is 0 Å². The smallest absolute Gasteiger partial charge is 0.145 e. The second-order valence-electron chi connectivity index (χ2n) is 2.55. The van der Waals surface area contributed by atoms with E-state index in [1.807, 2.05) is 0 Å². The molecule has 74 valence electrons. The SMILES string of the molecule is N#CC(C#N)=CNc1ccc(F)c(Cl)c1. The molecule has 0 atom stereocenters. The fourth-order valence-electron chi connectivity index (χ4n) is 0.831. The molecule has 0 aliphatic heterocycles. The van der Waals surface area contributed by atoms with E-state index in [2.05, 4.69) is 5.32 Å². The molecule has 0 bridgehead atoms. The summed E-state index contributed by atoms with van der Waals surface area (Å²) in [4.78, 5) is 0. The van der Waals surface area contributed by atoms with E-state index in [0.717, 1.165) is 0 Å². The van der Waals surface area contributed by atoms with E-state index < -0.39 is 5.82 Å². The van der Waals surface area contributed by atoms with Crippen LogP contribution in [0.2, 0.25) is 5.02 Å². The van der Waals surface area contributed by atoms with Gasteiger partial charge in [0.15, 0.2) is 0 Å². The Labute approximate surface area is 91.0 Å². The Kier molecular flexibility index (Phi) is 3.68. The Morgan fingerprint density at radius 1 is 1.40 bits per heavy atom. The Balaban J connectivity index is 2.84. The first-order valence-corrected chi connectivity index (χ1v) is 4.27. The van der Waals surface area contributed by atoms with Gasteiger partial charge in [0.1, 0.15) is 23.5 Å². The van der Waals surface area contributed by atoms with E-state index in [9.17, 15) is 4.39 Å². The number of hydrogen-bond acceptors (Lipinski definition) is 3. The Morgan fingerprint density at radius 2 is 2.07 bits per heavy atom. The third kappa shape index (κ3) is 2.98. The first kappa shape index (κ1) is 11.0. The third-order valence-corrected chi connectivity index (χ3v) is 1.83. The molecule has 0 heterocycles. The van der Waals surface area contributed by atoms with Crippen LogP contribution >= 0.6 is 11.6 Å². The first-order valence-electron chi connectivity index (χ1n) is 3.89. The van der Waals surface area contributed by atoms with Crippen molar-refractivity contribution in [3.05, 3.63) is 40.8 Å². The van der Waals surface area contributed by atoms with Crippen LogP contribution < -0.4 is 5.32 Å². The van der Waals surface area contributed by atoms with Gasteiger partial charge in [-0.3, -0.25) is 0 Å². The van der Waals surface area contributed by atoms with Crippen molar-refractivity contribution in [2.24, 2.45) is 0 Å². The molecule has 0 amide bonds. The van der Waals surface area contributed by atoms with Crippen molar-refractivity contribution in [2.75, 3.05) is 5.32 Å². The third-order valence-electron chi connectivity index (χ3n) is 1.54. The average molecular weight is 222 g/mol. The van der Waals surface area contributed by atoms with Crippen LogP contribution in [0.15, 0.2) is 30.0 Å². The minimum Gasteiger partial charge on any atom is -0.360 e. The van der Waals surface area contributed by atoms with Gasteiger partial charge in [-0.05, 0) is 18.2 Å². The maximum atomic E-state index is 12.8. The van der Waals surface area contributed by atoms with E-state index in [0.29, 0.717) is 5.69 Å². The van der Waals surface area contributed by atoms with Crippen LogP contribution in [0.1, 0.15) is 0 Å². The number of benzene rings is 1. The second kappa shape index (κ2) is 4.99. The maximum Gasteiger partial charge on any atom is 0.145 e. The molecule has 0 fully saturated rings. The van der Waals surface area contributed by atoms with Gasteiger partial charge in [-0.1, -0.05) is 11.6 Å². The van der Waals surface area contributed by atoms with Gasteiger partial charge in [-0.15, -0.1) is 0 Å². The van der Waals surface area contributed by atoms with Gasteiger partial charge in [0, 0.05) is 11.9 Å². The number of rotatable bonds is 2. The molecule has 0 radical (unpaired) electrons. The van der Waals surface area contributed by atoms with Crippen molar-refractivity contribution in [3.63, 3.8) is 0 Å². The lowest BCUT2D eigenvalue weighted by Gasteiger charge is -2.01. The Hall–Kier alpha value is -2.04. The highest BCUT2D eigenvalue weighted by Gasteiger charge is 1.99. The average Bonchev–Trinajstić information content (AvgIpc) is 2.24. The van der Waals surface area contributed by atoms with Crippen LogP contribution in [-0.2, 0) is 0 Å². The number of nitriles is 2. The molecular weight excluding hydrogens is 217 g/mol. The largest absolute Gasteiger partial charge is 0.360 e. The lowest BCUT2D eigenvalue weighted by atomic mass is 10.3. The zero-order chi connectivity index (χ0) is 11.3. The van der Waals surface area contributed by atoms with Crippen LogP contribution in [0.5, 0.6) is 0 Å². The highest BCUT2D eigenvalue weighted by Crippen LogP contribution is 2.19. The molecule has 1 aromatic carbocycles. The summed E-state index contributed by atoms with van der Waals surface area (Å²) < 4.78 is 12.8. The number of nitrogens with one attached hydrogen (secondary N) is 1. The molecule has 1 aromatic rings. The molecule has 0 saturated carbocycles. The summed E-state index contributed by atoms with van der Waals surface area (Å²) in [5, 5.41) is 19.5. The normalized spacial score (nSPS) is 8.53. The Morgan fingerprint density at radius 3 is 2.60 bits per heavy atom. The fraction of sp³-hybridized carbons (Fsp3) is 0. The van der Waals surface area contributed by atoms with Crippen LogP contribution in [-0.4, -0.2) is 0 Å². The molecule has 0 unspecified atom stereocenters. The zero-order valence-corrected chi connectivity index (χ0v) is 8.22. The van der Waals surface area contributed by atoms with Crippen LogP contribution in [0.4, 0.5) is 10.1 Å². The summed E-state index contributed by atoms with van der Waals surface area (Å²) in [5.41, 5.74) is 0.430. The van der Waals surface area contributed by atoms with Crippen LogP contribution in [0.3, 0.4) is 0 Å². The number of hydrogen-bond donors (Lipinski definition) is 1. The molecule has 5 heteroatoms. The predicted molar refractivity (Wildman–Crippen MR) is 54.3 cm³/mol. The number of allylic oxidation sites excluding steroid dienone is 1. The highest BCUT2D eigenvalue weighted by molar-refractivity contribution is 6.31. The maximum absolute atomic E-state index is 12.8. The molecule has 3 nitrogen and oxygen atoms in total. The Bertz CT molecular complexity index is 466. The minimum atomic E-state index is -0.521. The molecule has 0 aliphatic carbocycles. The van der Waals surface area contributed by atoms with Crippen molar-refractivity contribution in [1.29, 1.82) is 10.5 Å². The molecule has 0 saturated heterocycles. The highest BCUT2D eigenvalue weighted by atomic mass is 35.5. The van der Waals surface area contributed by atoms with E-state index in [-0.39, 0.29) is 10.6 Å². The summed E-state index contributed by atoms with van der Waals surface area (Å²) in [6.45, 7) is 0. The van der Waals surface area contributed by atoms with Crippen molar-refractivity contribution in [2.45, 2.75) is 0 Å². The van der Waals surface area contributed by atoms with E-state index in [4.69, 9.17) is 22.1 Å². The van der Waals surface area contributed by atoms with E-state index >= 15 is 0 Å². The number of anilines is 1. The second-order valence-corrected chi connectivity index (χ2v) is 2.96. The molecule has 0 aromatic heterocycles. The first-order chi connectivity index (χ1) is 7.17. The van der Waals surface area contributed by atoms with Gasteiger partial charge < -0.3 is 5.32 Å².